The van der Waals surface area contributed by atoms with E-state index in [4.69, 9.17) is 0 Å². The number of benzene rings is 5. The molecule has 24 nitrogen and oxygen atoms in total. The van der Waals surface area contributed by atoms with Crippen molar-refractivity contribution < 1.29 is 38.0 Å². The van der Waals surface area contributed by atoms with E-state index in [1.54, 1.807) is 10.7 Å². The molecule has 5 aromatic carbocycles. The predicted octanol–water partition coefficient (Wildman–Crippen LogP) is 13.6. The molecule has 6 aromatic rings. The van der Waals surface area contributed by atoms with Crippen LogP contribution in [0.1, 0.15) is 220 Å². The lowest BCUT2D eigenvalue weighted by Crippen LogP contribution is -2.55. The van der Waals surface area contributed by atoms with Crippen LogP contribution in [0.25, 0.3) is 0 Å². The minimum Gasteiger partial charge on any atom is -0.339 e. The normalized spacial score (nSPS) is 21.0. The molecule has 7 fully saturated rings. The maximum atomic E-state index is 13.3. The van der Waals surface area contributed by atoms with Crippen LogP contribution in [0, 0.1) is 64.5 Å². The van der Waals surface area contributed by atoms with Crippen LogP contribution in [-0.2, 0) is 53.5 Å². The highest BCUT2D eigenvalue weighted by Gasteiger charge is 2.39. The number of rotatable bonds is 9. The number of nitrogens with one attached hydrogen (secondary N) is 7. The highest BCUT2D eigenvalue weighted by molar-refractivity contribution is 5.86. The summed E-state index contributed by atoms with van der Waals surface area (Å²) in [6, 6.07) is 44.4. The molecule has 7 amide bonds. The number of halogens is 1. The number of piperazine rings is 7. The zero-order valence-electron chi connectivity index (χ0n) is 84.2. The molecular weight excluding hydrogens is 1640 g/mol. The second-order valence-corrected chi connectivity index (χ2v) is 43.7. The highest BCUT2D eigenvalue weighted by atomic mass is 19.1. The zero-order chi connectivity index (χ0) is 96.6. The number of hydrogen-bond acceptors (Lipinski definition) is 16. The number of hydrogen-bond donors (Lipinski definition) is 7. The van der Waals surface area contributed by atoms with Crippen LogP contribution in [-0.4, -0.2) is 254 Å². The van der Waals surface area contributed by atoms with Crippen LogP contribution in [0.5, 0.6) is 0 Å². The Bertz CT molecular complexity index is 4620. The van der Waals surface area contributed by atoms with Gasteiger partial charge in [0, 0.05) is 225 Å². The topological polar surface area (TPSA) is 257 Å². The van der Waals surface area contributed by atoms with E-state index in [2.05, 4.69) is 171 Å². The fourth-order valence-electron chi connectivity index (χ4n) is 17.0. The summed E-state index contributed by atoms with van der Waals surface area (Å²) < 4.78 is 15.1. The van der Waals surface area contributed by atoms with E-state index in [1.807, 2.05) is 217 Å². The second-order valence-electron chi connectivity index (χ2n) is 43.7. The SMILES string of the molecule is CC(C)(C)C(=O)N1CCNC(C2=CCN=C2)C1.CC(C)(C)C(=O)N1CCNC(Cc2ccccc2)C1.CC(C)(C)C(=O)N1CCNC(c2cccc(F)c2)C1.Cc1ccc(C2CN(C(=O)C(C)(C)C)CCN2)cc1.Cc1ccc(C2CN(C(=O)C(C)(C)C)CCN2)cc1.Cc1cccc(CC2CN(C(=O)C(C)(C)C)CCN2)c1.Cn1cc(C2CN(C(=O)C(C)(C)C)CCN2)cn1. The fourth-order valence-corrected chi connectivity index (χ4v) is 17.0. The van der Waals surface area contributed by atoms with Crippen LogP contribution in [0.2, 0.25) is 0 Å². The molecule has 131 heavy (non-hydrogen) atoms. The van der Waals surface area contributed by atoms with E-state index in [-0.39, 0.29) is 115 Å². The molecular formula is C106H162FN17O7. The van der Waals surface area contributed by atoms with Gasteiger partial charge >= 0.3 is 0 Å². The van der Waals surface area contributed by atoms with Crippen molar-refractivity contribution in [2.24, 2.45) is 49.9 Å². The van der Waals surface area contributed by atoms with Crippen molar-refractivity contribution in [1.82, 2.24) is 81.3 Å². The predicted molar refractivity (Wildman–Crippen MR) is 529 cm³/mol. The highest BCUT2D eigenvalue weighted by Crippen LogP contribution is 2.31. The molecule has 9 heterocycles. The van der Waals surface area contributed by atoms with Crippen LogP contribution >= 0.6 is 0 Å². The van der Waals surface area contributed by atoms with Crippen molar-refractivity contribution in [3.63, 3.8) is 0 Å². The lowest BCUT2D eigenvalue weighted by molar-refractivity contribution is -0.141. The Morgan fingerprint density at radius 1 is 0.336 bits per heavy atom. The summed E-state index contributed by atoms with van der Waals surface area (Å²) in [6.45, 7) is 65.2. The third-order valence-corrected chi connectivity index (χ3v) is 24.2. The summed E-state index contributed by atoms with van der Waals surface area (Å²) in [5.74, 6) is 1.36. The number of aromatic nitrogens is 2. The van der Waals surface area contributed by atoms with Crippen molar-refractivity contribution in [3.8, 4) is 0 Å². The molecule has 8 aliphatic rings. The van der Waals surface area contributed by atoms with E-state index >= 15 is 0 Å². The van der Waals surface area contributed by atoms with E-state index in [1.165, 1.54) is 56.6 Å². The second kappa shape index (κ2) is 48.0. The van der Waals surface area contributed by atoms with Crippen LogP contribution in [0.4, 0.5) is 4.39 Å². The fraction of sp³-hybridized carbons (Fsp3) is 0.594. The molecule has 0 spiro atoms. The van der Waals surface area contributed by atoms with E-state index < -0.39 is 0 Å². The average molecular weight is 1810 g/mol. The Kier molecular flexibility index (Phi) is 39.2. The van der Waals surface area contributed by atoms with Crippen LogP contribution < -0.4 is 37.2 Å². The molecule has 7 atom stereocenters. The van der Waals surface area contributed by atoms with Gasteiger partial charge in [0.2, 0.25) is 41.4 Å². The molecule has 720 valence electrons. The summed E-state index contributed by atoms with van der Waals surface area (Å²) in [5.41, 5.74) is 10.1. The van der Waals surface area contributed by atoms with E-state index in [0.717, 1.165) is 155 Å². The molecule has 8 aliphatic heterocycles. The van der Waals surface area contributed by atoms with Crippen molar-refractivity contribution >= 4 is 47.6 Å². The Labute approximate surface area is 785 Å². The van der Waals surface area contributed by atoms with Crippen molar-refractivity contribution in [2.75, 3.05) is 144 Å². The Morgan fingerprint density at radius 2 is 0.649 bits per heavy atom. The largest absolute Gasteiger partial charge is 0.339 e. The quantitative estimate of drug-likeness (QED) is 0.0710. The first kappa shape index (κ1) is 107. The Hall–Kier alpha value is -9.34. The van der Waals surface area contributed by atoms with Gasteiger partial charge in [0.1, 0.15) is 5.82 Å². The van der Waals surface area contributed by atoms with Gasteiger partial charge in [-0.15, -0.1) is 0 Å². The average Bonchev–Trinajstić information content (AvgIpc) is 1.44. The summed E-state index contributed by atoms with van der Waals surface area (Å²) in [5, 5.41) is 28.4. The van der Waals surface area contributed by atoms with Crippen molar-refractivity contribution in [2.45, 2.75) is 221 Å². The van der Waals surface area contributed by atoms with Gasteiger partial charge in [-0.05, 0) is 79.1 Å². The minimum atomic E-state index is -0.371. The van der Waals surface area contributed by atoms with Gasteiger partial charge in [-0.25, -0.2) is 4.39 Å². The summed E-state index contributed by atoms with van der Waals surface area (Å²) in [6.07, 6.45) is 9.88. The number of carbonyl (C=O) groups is 7. The van der Waals surface area contributed by atoms with E-state index in [0.29, 0.717) is 25.2 Å². The molecule has 0 radical (unpaired) electrons. The molecule has 1 aromatic heterocycles. The maximum Gasteiger partial charge on any atom is 0.228 e. The molecule has 0 aliphatic carbocycles. The van der Waals surface area contributed by atoms with E-state index in [9.17, 15) is 38.0 Å². The Morgan fingerprint density at radius 3 is 0.977 bits per heavy atom. The van der Waals surface area contributed by atoms with Gasteiger partial charge < -0.3 is 71.5 Å². The van der Waals surface area contributed by atoms with Crippen molar-refractivity contribution in [1.29, 1.82) is 0 Å². The van der Waals surface area contributed by atoms with Gasteiger partial charge in [0.25, 0.3) is 0 Å². The first-order chi connectivity index (χ1) is 61.3. The standard InChI is InChI=1S/C17H26N2O.3C16H24N2O.C15H21FN2O.C13H22N4O.C13H21N3O/c1-13-6-5-7-14(10-13)11-15-12-19(9-8-18-15)16(20)17(2,3)4;2*1-12-5-7-13(8-6-12)14-11-18(10-9-17-14)15(19)16(2,3)4;1-16(2,3)15(19)18-10-9-17-14(12-18)11-13-7-5-4-6-8-13;1-15(2,3)14(19)18-8-7-17-13(10-18)11-5-4-6-12(16)9-11;1-13(2,3)12(18)17-6-5-14-11(9-17)10-7-15-16(4)8-10;1-13(2,3)12(17)16-7-6-15-11(9-16)10-4-5-14-8-10/h5-7,10,15,18H,8-9,11-12H2,1-4H3;2*5-8,14,17H,9-11H2,1-4H3;4-8,14,17H,9-12H2,1-3H3;4-6,9,13,17H,7-8,10H2,1-3H3;7-8,11,14H,5-6,9H2,1-4H3;4,8,11,15H,5-7,9H2,1-3H3. The smallest absolute Gasteiger partial charge is 0.228 e. The number of nitrogens with zero attached hydrogens (tertiary/aromatic N) is 10. The molecule has 7 unspecified atom stereocenters. The number of aliphatic imine (C=N–C) groups is 1. The molecule has 0 bridgehead atoms. The minimum absolute atomic E-state index is 0.00995. The molecule has 0 saturated carbocycles. The monoisotopic (exact) mass is 1800 g/mol. The maximum absolute atomic E-state index is 13.3. The third kappa shape index (κ3) is 34.3. The lowest BCUT2D eigenvalue weighted by atomic mass is 9.93. The van der Waals surface area contributed by atoms with Gasteiger partial charge in [0.05, 0.1) is 30.9 Å². The van der Waals surface area contributed by atoms with Crippen molar-refractivity contribution in [3.05, 3.63) is 207 Å². The summed E-state index contributed by atoms with van der Waals surface area (Å²) in [4.78, 5) is 104. The first-order valence-corrected chi connectivity index (χ1v) is 47.7. The Balaban J connectivity index is 0.000000189. The van der Waals surface area contributed by atoms with Gasteiger partial charge in [-0.1, -0.05) is 283 Å². The third-order valence-electron chi connectivity index (χ3n) is 24.2. The molecule has 7 saturated heterocycles. The number of carbonyl (C=O) groups excluding carboxylic acids is 7. The molecule has 7 N–H and O–H groups in total. The lowest BCUT2D eigenvalue weighted by Gasteiger charge is -2.37. The molecule has 25 heteroatoms. The van der Waals surface area contributed by atoms with Gasteiger partial charge in [-0.2, -0.15) is 5.10 Å². The van der Waals surface area contributed by atoms with Crippen LogP contribution in [0.15, 0.2) is 156 Å². The first-order valence-electron chi connectivity index (χ1n) is 47.7. The van der Waals surface area contributed by atoms with Gasteiger partial charge in [-0.3, -0.25) is 43.2 Å². The van der Waals surface area contributed by atoms with Crippen LogP contribution in [0.3, 0.4) is 0 Å². The molecule has 14 rings (SSSR count). The summed E-state index contributed by atoms with van der Waals surface area (Å²) in [7, 11) is 1.91. The summed E-state index contributed by atoms with van der Waals surface area (Å²) >= 11 is 0. The number of aryl methyl sites for hydroxylation is 4. The number of amides is 7. The zero-order valence-corrected chi connectivity index (χ0v) is 84.2. The van der Waals surface area contributed by atoms with Gasteiger partial charge in [0.15, 0.2) is 0 Å².